The van der Waals surface area contributed by atoms with Gasteiger partial charge in [-0.2, -0.15) is 0 Å². The first-order valence-corrected chi connectivity index (χ1v) is 18.2. The Balaban J connectivity index is 0.000000200. The second kappa shape index (κ2) is 15.7. The Hall–Kier alpha value is -5.68. The maximum Gasteiger partial charge on any atom is 0.120 e. The number of hydrogen-bond acceptors (Lipinski definition) is 4. The number of fused-ring (bicyclic) bond motifs is 4. The second-order valence-corrected chi connectivity index (χ2v) is 13.9. The van der Waals surface area contributed by atoms with Crippen molar-refractivity contribution in [2.24, 2.45) is 0 Å². The van der Waals surface area contributed by atoms with Crippen LogP contribution in [0.25, 0.3) is 72.4 Å². The summed E-state index contributed by atoms with van der Waals surface area (Å²) < 4.78 is 8.72. The van der Waals surface area contributed by atoms with E-state index in [0.717, 1.165) is 61.3 Å². The van der Waals surface area contributed by atoms with E-state index in [-0.39, 0.29) is 20.1 Å². The molecular formula is C48H40IrN4O-2. The average molecular weight is 881 g/mol. The summed E-state index contributed by atoms with van der Waals surface area (Å²) in [5, 5.41) is 2.17. The Kier molecular flexibility index (Phi) is 10.7. The van der Waals surface area contributed by atoms with Crippen LogP contribution in [0, 0.1) is 19.1 Å². The number of furan rings is 1. The van der Waals surface area contributed by atoms with Crippen LogP contribution < -0.4 is 0 Å². The van der Waals surface area contributed by atoms with Crippen LogP contribution in [0.4, 0.5) is 0 Å². The predicted molar refractivity (Wildman–Crippen MR) is 217 cm³/mol. The van der Waals surface area contributed by atoms with Crippen molar-refractivity contribution < 1.29 is 24.5 Å². The number of nitrogens with zero attached hydrogens (tertiary/aromatic N) is 4. The predicted octanol–water partition coefficient (Wildman–Crippen LogP) is 12.6. The summed E-state index contributed by atoms with van der Waals surface area (Å²) in [6.07, 6.45) is 3.68. The van der Waals surface area contributed by atoms with Crippen molar-refractivity contribution in [1.29, 1.82) is 0 Å². The molecule has 0 saturated carbocycles. The van der Waals surface area contributed by atoms with Gasteiger partial charge in [0.25, 0.3) is 0 Å². The Labute approximate surface area is 330 Å². The van der Waals surface area contributed by atoms with E-state index in [9.17, 15) is 0 Å². The first-order chi connectivity index (χ1) is 25.9. The maximum absolute atomic E-state index is 6.41. The first-order valence-electron chi connectivity index (χ1n) is 18.2. The summed E-state index contributed by atoms with van der Waals surface area (Å²) in [6, 6.07) is 49.9. The zero-order chi connectivity index (χ0) is 36.5. The number of aryl methyl sites for hydroxylation is 1. The molecule has 0 fully saturated rings. The molecule has 54 heavy (non-hydrogen) atoms. The van der Waals surface area contributed by atoms with Gasteiger partial charge in [-0.3, -0.25) is 9.97 Å². The fourth-order valence-electron chi connectivity index (χ4n) is 7.13. The smallest absolute Gasteiger partial charge is 0.120 e. The molecule has 5 nitrogen and oxygen atoms in total. The molecule has 269 valence electrons. The Morgan fingerprint density at radius 1 is 0.648 bits per heavy atom. The molecule has 0 amide bonds. The van der Waals surface area contributed by atoms with E-state index < -0.39 is 0 Å². The zero-order valence-corrected chi connectivity index (χ0v) is 33.4. The average Bonchev–Trinajstić information content (AvgIpc) is 3.78. The molecule has 0 unspecified atom stereocenters. The third-order valence-corrected chi connectivity index (χ3v) is 9.73. The summed E-state index contributed by atoms with van der Waals surface area (Å²) in [6.45, 7) is 11.1. The van der Waals surface area contributed by atoms with E-state index in [1.54, 1.807) is 0 Å². The zero-order valence-electron chi connectivity index (χ0n) is 31.0. The molecular weight excluding hydrogens is 841 g/mol. The normalized spacial score (nSPS) is 11.2. The van der Waals surface area contributed by atoms with Gasteiger partial charge < -0.3 is 14.0 Å². The number of imidazole rings is 1. The molecule has 9 rings (SSSR count). The summed E-state index contributed by atoms with van der Waals surface area (Å²) in [4.78, 5) is 14.2. The molecule has 4 heterocycles. The number of para-hydroxylation sites is 2. The Bertz CT molecular complexity index is 2610. The standard InChI is InChI=1S/C31H28N3O.C17H12N.Ir/c1-18(2)21-11-8-12-22(19(3)4)29(21)34-28-20(5)32-17-16-26(28)33-31(34)25-14-9-13-24-23-10-6-7-15-27(23)35-30(24)25;1-3-7-14(8-4-1)16-11-12-18-17(13-16)15-9-5-2-6-10-15;/h6-13,15-19H,1-5H3;1-9,11-13H;/q2*-1;. The molecule has 0 N–H and O–H groups in total. The van der Waals surface area contributed by atoms with E-state index in [1.807, 2.05) is 91.3 Å². The van der Waals surface area contributed by atoms with Crippen LogP contribution >= 0.6 is 0 Å². The fraction of sp³-hybridized carbons (Fsp3) is 0.146. The van der Waals surface area contributed by atoms with E-state index in [4.69, 9.17) is 9.40 Å². The van der Waals surface area contributed by atoms with Crippen LogP contribution in [-0.2, 0) is 20.1 Å². The van der Waals surface area contributed by atoms with E-state index in [0.29, 0.717) is 11.8 Å². The van der Waals surface area contributed by atoms with Crippen molar-refractivity contribution in [3.05, 3.63) is 169 Å². The molecule has 9 aromatic rings. The maximum atomic E-state index is 6.41. The Morgan fingerprint density at radius 2 is 1.37 bits per heavy atom. The molecule has 0 saturated heterocycles. The second-order valence-electron chi connectivity index (χ2n) is 13.9. The number of rotatable bonds is 6. The number of hydrogen-bond donors (Lipinski definition) is 0. The molecule has 6 heteroatoms. The first kappa shape index (κ1) is 36.7. The Morgan fingerprint density at radius 3 is 2.11 bits per heavy atom. The van der Waals surface area contributed by atoms with Gasteiger partial charge in [0.1, 0.15) is 5.58 Å². The molecule has 0 aliphatic heterocycles. The van der Waals surface area contributed by atoms with Gasteiger partial charge in [-0.05, 0) is 64.9 Å². The van der Waals surface area contributed by atoms with Gasteiger partial charge >= 0.3 is 0 Å². The van der Waals surface area contributed by atoms with Crippen LogP contribution in [-0.4, -0.2) is 19.5 Å². The minimum absolute atomic E-state index is 0. The van der Waals surface area contributed by atoms with Crippen LogP contribution in [0.5, 0.6) is 0 Å². The van der Waals surface area contributed by atoms with Crippen LogP contribution in [0.1, 0.15) is 56.4 Å². The van der Waals surface area contributed by atoms with Crippen LogP contribution in [0.2, 0.25) is 0 Å². The van der Waals surface area contributed by atoms with Crippen molar-refractivity contribution in [3.63, 3.8) is 0 Å². The monoisotopic (exact) mass is 881 g/mol. The minimum atomic E-state index is 0. The molecule has 0 atom stereocenters. The number of aromatic nitrogens is 4. The number of benzene rings is 5. The summed E-state index contributed by atoms with van der Waals surface area (Å²) in [5.41, 5.74) is 13.6. The van der Waals surface area contributed by atoms with Gasteiger partial charge in [0, 0.05) is 43.6 Å². The fourth-order valence-corrected chi connectivity index (χ4v) is 7.13. The molecule has 4 aromatic heterocycles. The van der Waals surface area contributed by atoms with Crippen molar-refractivity contribution in [1.82, 2.24) is 19.5 Å². The van der Waals surface area contributed by atoms with Gasteiger partial charge in [-0.25, -0.2) is 0 Å². The molecule has 0 bridgehead atoms. The SMILES string of the molecule is Cc1nccc2nc(-c3[c-]ccc4c3oc3ccccc34)n(-c3c(C(C)C)cccc3C(C)C)c12.[Ir].[c-]1ccccc1-c1cc(-c2ccccc2)ccn1. The van der Waals surface area contributed by atoms with E-state index >= 15 is 0 Å². The summed E-state index contributed by atoms with van der Waals surface area (Å²) in [7, 11) is 0. The third-order valence-electron chi connectivity index (χ3n) is 9.73. The van der Waals surface area contributed by atoms with Gasteiger partial charge in [0.2, 0.25) is 0 Å². The summed E-state index contributed by atoms with van der Waals surface area (Å²) in [5.74, 6) is 1.52. The van der Waals surface area contributed by atoms with Crippen molar-refractivity contribution in [3.8, 4) is 39.5 Å². The van der Waals surface area contributed by atoms with Crippen molar-refractivity contribution >= 4 is 33.0 Å². The molecule has 5 aromatic carbocycles. The van der Waals surface area contributed by atoms with Gasteiger partial charge in [-0.1, -0.05) is 111 Å². The van der Waals surface area contributed by atoms with Crippen LogP contribution in [0.15, 0.2) is 144 Å². The van der Waals surface area contributed by atoms with E-state index in [2.05, 4.69) is 110 Å². The van der Waals surface area contributed by atoms with Gasteiger partial charge in [0.05, 0.1) is 28.1 Å². The van der Waals surface area contributed by atoms with Gasteiger partial charge in [-0.15, -0.1) is 54.1 Å². The topological polar surface area (TPSA) is 56.7 Å². The molecule has 0 spiro atoms. The quantitative estimate of drug-likeness (QED) is 0.156. The van der Waals surface area contributed by atoms with Crippen molar-refractivity contribution in [2.45, 2.75) is 46.5 Å². The van der Waals surface area contributed by atoms with Gasteiger partial charge in [0.15, 0.2) is 0 Å². The third kappa shape index (κ3) is 6.91. The molecule has 0 aliphatic rings. The van der Waals surface area contributed by atoms with Crippen LogP contribution in [0.3, 0.4) is 0 Å². The molecule has 1 radical (unpaired) electrons. The van der Waals surface area contributed by atoms with E-state index in [1.165, 1.54) is 27.9 Å². The number of pyridine rings is 2. The largest absolute Gasteiger partial charge is 0.501 e. The minimum Gasteiger partial charge on any atom is -0.501 e. The van der Waals surface area contributed by atoms with Crippen molar-refractivity contribution in [2.75, 3.05) is 0 Å². The summed E-state index contributed by atoms with van der Waals surface area (Å²) >= 11 is 0. The molecule has 0 aliphatic carbocycles.